The van der Waals surface area contributed by atoms with Gasteiger partial charge in [-0.25, -0.2) is 13.8 Å². The average Bonchev–Trinajstić information content (AvgIpc) is 2.97. The number of H-pyrrole nitrogens is 1. The lowest BCUT2D eigenvalue weighted by Crippen LogP contribution is -2.37. The van der Waals surface area contributed by atoms with Crippen molar-refractivity contribution in [3.63, 3.8) is 0 Å². The molecule has 11 nitrogen and oxygen atoms in total. The molecule has 2 aliphatic rings. The van der Waals surface area contributed by atoms with Gasteiger partial charge in [0.1, 0.15) is 18.5 Å². The number of ether oxygens (including phenoxy) is 1. The van der Waals surface area contributed by atoms with Crippen LogP contribution >= 0.6 is 7.82 Å². The molecular formula is C19H20FN2O9P. The average molecular weight is 471 g/mol. The number of aldehydes is 1. The van der Waals surface area contributed by atoms with Crippen molar-refractivity contribution in [2.45, 2.75) is 45.0 Å². The van der Waals surface area contributed by atoms with Gasteiger partial charge in [0.15, 0.2) is 12.5 Å². The molecule has 2 aromatic rings. The molecule has 172 valence electrons. The van der Waals surface area contributed by atoms with E-state index >= 15 is 4.39 Å². The molecule has 4 atom stereocenters. The summed E-state index contributed by atoms with van der Waals surface area (Å²) in [7, 11) is -4.27. The summed E-state index contributed by atoms with van der Waals surface area (Å²) in [6.45, 7) is 2.42. The van der Waals surface area contributed by atoms with Crippen molar-refractivity contribution in [2.75, 3.05) is 6.61 Å². The van der Waals surface area contributed by atoms with E-state index in [0.717, 1.165) is 5.56 Å². The number of hydrogen-bond acceptors (Lipinski definition) is 9. The Morgan fingerprint density at radius 2 is 2.22 bits per heavy atom. The predicted molar refractivity (Wildman–Crippen MR) is 106 cm³/mol. The molecule has 1 aromatic carbocycles. The van der Waals surface area contributed by atoms with Crippen LogP contribution in [-0.2, 0) is 25.0 Å². The fourth-order valence-electron chi connectivity index (χ4n) is 3.51. The van der Waals surface area contributed by atoms with Crippen LogP contribution in [-0.4, -0.2) is 39.5 Å². The number of carbonyl (C=O) groups excluding carboxylic acids is 1. The first-order chi connectivity index (χ1) is 15.4. The topological polar surface area (TPSA) is 146 Å². The van der Waals surface area contributed by atoms with Gasteiger partial charge in [0.25, 0.3) is 5.56 Å². The highest BCUT2D eigenvalue weighted by atomic mass is 31.2. The number of aryl methyl sites for hydroxylation is 2. The van der Waals surface area contributed by atoms with Gasteiger partial charge in [0.05, 0.1) is 13.5 Å². The number of alkyl halides is 1. The number of halogens is 1. The van der Waals surface area contributed by atoms with Gasteiger partial charge in [-0.1, -0.05) is 17.7 Å². The van der Waals surface area contributed by atoms with Crippen LogP contribution in [0.15, 0.2) is 27.9 Å². The summed E-state index contributed by atoms with van der Waals surface area (Å²) in [5.74, 6) is -2.60. The van der Waals surface area contributed by atoms with Crippen LogP contribution in [0.25, 0.3) is 0 Å². The van der Waals surface area contributed by atoms with Gasteiger partial charge >= 0.3 is 13.5 Å². The Balaban J connectivity index is 1.55. The van der Waals surface area contributed by atoms with E-state index in [1.807, 2.05) is 6.92 Å². The number of nitrogens with zero attached hydrogens (tertiary/aromatic N) is 1. The molecule has 0 aliphatic carbocycles. The maximum absolute atomic E-state index is 15.4. The SMILES string of the molecule is [2H][C@@]1(n2cc(C=O)c(=O)[nH]c2=O)O[C@](F)(COP2(=O)OCc3cc(C)cc(C)c3O2)C[C@H]1O. The third-order valence-electron chi connectivity index (χ3n) is 4.92. The Kier molecular flexibility index (Phi) is 5.34. The van der Waals surface area contributed by atoms with E-state index < -0.39 is 55.8 Å². The van der Waals surface area contributed by atoms with Crippen LogP contribution in [0.4, 0.5) is 4.39 Å². The summed E-state index contributed by atoms with van der Waals surface area (Å²) >= 11 is 0. The van der Waals surface area contributed by atoms with E-state index in [0.29, 0.717) is 21.9 Å². The van der Waals surface area contributed by atoms with Crippen molar-refractivity contribution >= 4 is 14.1 Å². The first-order valence-electron chi connectivity index (χ1n) is 9.96. The largest absolute Gasteiger partial charge is 0.530 e. The second kappa shape index (κ2) is 8.05. The summed E-state index contributed by atoms with van der Waals surface area (Å²) in [6, 6.07) is 3.58. The molecule has 0 saturated carbocycles. The number of aromatic nitrogens is 2. The van der Waals surface area contributed by atoms with Gasteiger partial charge in [-0.15, -0.1) is 0 Å². The Hall–Kier alpha value is -2.63. The third kappa shape index (κ3) is 4.19. The minimum atomic E-state index is -4.27. The molecule has 13 heteroatoms. The van der Waals surface area contributed by atoms with Gasteiger partial charge in [-0.3, -0.25) is 28.2 Å². The van der Waals surface area contributed by atoms with Crippen LogP contribution in [0.1, 0.15) is 41.0 Å². The van der Waals surface area contributed by atoms with Gasteiger partial charge in [-0.2, -0.15) is 0 Å². The van der Waals surface area contributed by atoms with E-state index in [1.165, 1.54) is 0 Å². The molecule has 1 aromatic heterocycles. The molecule has 32 heavy (non-hydrogen) atoms. The molecule has 2 aliphatic heterocycles. The van der Waals surface area contributed by atoms with Crippen LogP contribution in [0.3, 0.4) is 0 Å². The monoisotopic (exact) mass is 471 g/mol. The summed E-state index contributed by atoms with van der Waals surface area (Å²) in [5.41, 5.74) is -0.519. The van der Waals surface area contributed by atoms with E-state index in [-0.39, 0.29) is 18.6 Å². The van der Waals surface area contributed by atoms with E-state index in [1.54, 1.807) is 24.0 Å². The number of rotatable bonds is 5. The maximum Gasteiger partial charge on any atom is 0.530 e. The van der Waals surface area contributed by atoms with Crippen LogP contribution in [0.2, 0.25) is 0 Å². The minimum absolute atomic E-state index is 0.110. The van der Waals surface area contributed by atoms with Crippen molar-refractivity contribution in [2.24, 2.45) is 0 Å². The van der Waals surface area contributed by atoms with Crippen LogP contribution < -0.4 is 15.8 Å². The van der Waals surface area contributed by atoms with Gasteiger partial charge in [0, 0.05) is 18.2 Å². The first-order valence-corrected chi connectivity index (χ1v) is 10.9. The first kappa shape index (κ1) is 21.2. The quantitative estimate of drug-likeness (QED) is 0.491. The second-order valence-electron chi connectivity index (χ2n) is 7.53. The number of phosphoric ester groups is 1. The zero-order chi connectivity index (χ0) is 24.2. The summed E-state index contributed by atoms with van der Waals surface area (Å²) in [4.78, 5) is 36.5. The number of aromatic amines is 1. The van der Waals surface area contributed by atoms with Crippen LogP contribution in [0.5, 0.6) is 5.75 Å². The number of phosphoric acid groups is 1. The van der Waals surface area contributed by atoms with Crippen molar-refractivity contribution in [3.05, 3.63) is 61.4 Å². The Morgan fingerprint density at radius 3 is 2.94 bits per heavy atom. The van der Waals surface area contributed by atoms with E-state index in [2.05, 4.69) is 0 Å². The third-order valence-corrected chi connectivity index (χ3v) is 6.22. The number of carbonyl (C=O) groups is 1. The highest BCUT2D eigenvalue weighted by Crippen LogP contribution is 2.56. The molecule has 1 unspecified atom stereocenters. The number of fused-ring (bicyclic) bond motifs is 1. The standard InChI is InChI=1S/C19H20FN2O9P/c1-10-3-11(2)15-12(4-10)8-28-32(27,31-15)29-9-19(20)5-14(24)17(30-19)22-6-13(7-23)16(25)21-18(22)26/h3-4,6-7,14,17,24H,5,8-9H2,1-2H3,(H,21,25,26)/t14-,17-,19+,32?/m1/s1/i17D. The number of aliphatic hydroxyl groups excluding tert-OH is 1. The van der Waals surface area contributed by atoms with Gasteiger partial charge < -0.3 is 14.4 Å². The maximum atomic E-state index is 15.4. The number of nitrogens with one attached hydrogen (secondary N) is 1. The molecule has 0 radical (unpaired) electrons. The smallest absolute Gasteiger partial charge is 0.403 e. The van der Waals surface area contributed by atoms with E-state index in [4.69, 9.17) is 19.7 Å². The highest BCUT2D eigenvalue weighted by Gasteiger charge is 2.50. The number of hydrogen-bond donors (Lipinski definition) is 2. The summed E-state index contributed by atoms with van der Waals surface area (Å²) in [5, 5.41) is 10.3. The molecule has 3 heterocycles. The predicted octanol–water partition coefficient (Wildman–Crippen LogP) is 1.65. The van der Waals surface area contributed by atoms with Crippen molar-refractivity contribution in [1.29, 1.82) is 0 Å². The minimum Gasteiger partial charge on any atom is -0.403 e. The van der Waals surface area contributed by atoms with Crippen molar-refractivity contribution in [1.82, 2.24) is 9.55 Å². The lowest BCUT2D eigenvalue weighted by molar-refractivity contribution is -0.179. The van der Waals surface area contributed by atoms with E-state index in [9.17, 15) is 24.1 Å². The molecule has 2 N–H and O–H groups in total. The Bertz CT molecular complexity index is 1300. The molecule has 0 amide bonds. The van der Waals surface area contributed by atoms with Crippen molar-refractivity contribution in [3.8, 4) is 5.75 Å². The lowest BCUT2D eigenvalue weighted by Gasteiger charge is -2.28. The second-order valence-corrected chi connectivity index (χ2v) is 9.12. The summed E-state index contributed by atoms with van der Waals surface area (Å²) < 4.78 is 57.6. The number of benzene rings is 1. The Labute approximate surface area is 181 Å². The zero-order valence-electron chi connectivity index (χ0n) is 18.0. The fraction of sp³-hybridized carbons (Fsp3) is 0.421. The van der Waals surface area contributed by atoms with Crippen molar-refractivity contribution < 1.29 is 38.5 Å². The molecular weight excluding hydrogens is 450 g/mol. The van der Waals surface area contributed by atoms with Gasteiger partial charge in [-0.05, 0) is 19.4 Å². The summed E-state index contributed by atoms with van der Waals surface area (Å²) in [6.07, 6.45) is -4.73. The fourth-order valence-corrected chi connectivity index (χ4v) is 4.82. The molecule has 1 saturated heterocycles. The zero-order valence-corrected chi connectivity index (χ0v) is 17.9. The normalized spacial score (nSPS) is 32.1. The van der Waals surface area contributed by atoms with Crippen LogP contribution in [0, 0.1) is 13.8 Å². The number of aliphatic hydroxyl groups is 1. The molecule has 0 spiro atoms. The molecule has 0 bridgehead atoms. The van der Waals surface area contributed by atoms with Gasteiger partial charge in [0.2, 0.25) is 5.85 Å². The lowest BCUT2D eigenvalue weighted by atomic mass is 10.1. The molecule has 4 rings (SSSR count). The molecule has 1 fully saturated rings. The Morgan fingerprint density at radius 1 is 1.47 bits per heavy atom. The highest BCUT2D eigenvalue weighted by molar-refractivity contribution is 7.49.